The zero-order valence-corrected chi connectivity index (χ0v) is 10.0. The second-order valence-corrected chi connectivity index (χ2v) is 4.04. The lowest BCUT2D eigenvalue weighted by Gasteiger charge is -2.10. The highest BCUT2D eigenvalue weighted by Crippen LogP contribution is 2.30. The number of nitrogens with one attached hydrogen (secondary N) is 1. The zero-order chi connectivity index (χ0) is 14.8. The van der Waals surface area contributed by atoms with Gasteiger partial charge < -0.3 is 5.32 Å². The normalized spacial score (nSPS) is 11.2. The van der Waals surface area contributed by atoms with Crippen LogP contribution >= 0.6 is 0 Å². The molecule has 0 aliphatic rings. The van der Waals surface area contributed by atoms with E-state index in [9.17, 15) is 22.4 Å². The molecule has 104 valence electrons. The van der Waals surface area contributed by atoms with Crippen molar-refractivity contribution in [3.63, 3.8) is 0 Å². The maximum atomic E-state index is 13.0. The third-order valence-corrected chi connectivity index (χ3v) is 2.53. The number of carbonyl (C=O) groups excluding carboxylic acids is 1. The predicted molar refractivity (Wildman–Crippen MR) is 65.8 cm³/mol. The first kappa shape index (κ1) is 14.0. The first-order chi connectivity index (χ1) is 9.36. The van der Waals surface area contributed by atoms with Gasteiger partial charge in [-0.3, -0.25) is 4.79 Å². The molecule has 0 saturated heterocycles. The van der Waals surface area contributed by atoms with Gasteiger partial charge in [-0.05, 0) is 36.4 Å². The number of amides is 1. The molecule has 0 bridgehead atoms. The second kappa shape index (κ2) is 5.32. The average Bonchev–Trinajstić information content (AvgIpc) is 2.38. The number of hydrogen-bond donors (Lipinski definition) is 1. The number of anilines is 1. The molecule has 0 saturated carbocycles. The minimum absolute atomic E-state index is 0.00548. The van der Waals surface area contributed by atoms with Crippen LogP contribution in [-0.4, -0.2) is 5.91 Å². The lowest BCUT2D eigenvalue weighted by atomic mass is 10.1. The highest BCUT2D eigenvalue weighted by Gasteiger charge is 2.30. The summed E-state index contributed by atoms with van der Waals surface area (Å²) in [7, 11) is 0. The molecule has 2 nitrogen and oxygen atoms in total. The van der Waals surface area contributed by atoms with E-state index in [0.717, 1.165) is 18.2 Å². The van der Waals surface area contributed by atoms with Crippen LogP contribution in [0.5, 0.6) is 0 Å². The molecule has 0 aliphatic heterocycles. The van der Waals surface area contributed by atoms with Gasteiger partial charge >= 0.3 is 6.18 Å². The maximum absolute atomic E-state index is 13.0. The van der Waals surface area contributed by atoms with Crippen LogP contribution in [0.2, 0.25) is 0 Å². The van der Waals surface area contributed by atoms with Crippen molar-refractivity contribution < 1.29 is 22.4 Å². The van der Waals surface area contributed by atoms with Gasteiger partial charge in [0, 0.05) is 11.3 Å². The van der Waals surface area contributed by atoms with Gasteiger partial charge in [-0.25, -0.2) is 4.39 Å². The van der Waals surface area contributed by atoms with Gasteiger partial charge in [-0.2, -0.15) is 13.2 Å². The van der Waals surface area contributed by atoms with E-state index in [0.29, 0.717) is 0 Å². The fourth-order valence-corrected chi connectivity index (χ4v) is 1.61. The number of benzene rings is 2. The molecule has 0 spiro atoms. The minimum atomic E-state index is -4.49. The SMILES string of the molecule is O=C(Nc1cccc(C(F)(F)F)c1)c1cccc(F)c1. The quantitative estimate of drug-likeness (QED) is 0.826. The summed E-state index contributed by atoms with van der Waals surface area (Å²) >= 11 is 0. The van der Waals surface area contributed by atoms with Crippen LogP contribution in [0.4, 0.5) is 23.2 Å². The second-order valence-electron chi connectivity index (χ2n) is 4.04. The molecule has 0 radical (unpaired) electrons. The van der Waals surface area contributed by atoms with Crippen molar-refractivity contribution in [2.45, 2.75) is 6.18 Å². The monoisotopic (exact) mass is 283 g/mol. The lowest BCUT2D eigenvalue weighted by molar-refractivity contribution is -0.137. The molecule has 1 amide bonds. The first-order valence-corrected chi connectivity index (χ1v) is 5.60. The van der Waals surface area contributed by atoms with E-state index in [1.807, 2.05) is 0 Å². The highest BCUT2D eigenvalue weighted by atomic mass is 19.4. The van der Waals surface area contributed by atoms with E-state index < -0.39 is 23.5 Å². The molecule has 0 aromatic heterocycles. The fourth-order valence-electron chi connectivity index (χ4n) is 1.61. The van der Waals surface area contributed by atoms with Crippen molar-refractivity contribution in [1.29, 1.82) is 0 Å². The first-order valence-electron chi connectivity index (χ1n) is 5.60. The number of halogens is 4. The Labute approximate surface area is 112 Å². The number of hydrogen-bond acceptors (Lipinski definition) is 1. The van der Waals surface area contributed by atoms with E-state index in [4.69, 9.17) is 0 Å². The van der Waals surface area contributed by atoms with Crippen LogP contribution in [0.15, 0.2) is 48.5 Å². The number of carbonyl (C=O) groups is 1. The Hall–Kier alpha value is -2.37. The van der Waals surface area contributed by atoms with Crippen LogP contribution in [0, 0.1) is 5.82 Å². The summed E-state index contributed by atoms with van der Waals surface area (Å²) in [5.74, 6) is -1.27. The van der Waals surface area contributed by atoms with E-state index in [1.54, 1.807) is 0 Å². The van der Waals surface area contributed by atoms with Gasteiger partial charge in [0.1, 0.15) is 5.82 Å². The molecule has 0 atom stereocenters. The molecule has 2 aromatic rings. The van der Waals surface area contributed by atoms with E-state index in [-0.39, 0.29) is 11.3 Å². The third kappa shape index (κ3) is 3.34. The van der Waals surface area contributed by atoms with Gasteiger partial charge in [-0.1, -0.05) is 12.1 Å². The smallest absolute Gasteiger partial charge is 0.322 e. The third-order valence-electron chi connectivity index (χ3n) is 2.53. The van der Waals surface area contributed by atoms with Crippen molar-refractivity contribution in [2.24, 2.45) is 0 Å². The standard InChI is InChI=1S/C14H9F4NO/c15-11-5-1-3-9(7-11)13(20)19-12-6-2-4-10(8-12)14(16,17)18/h1-8H,(H,19,20). The summed E-state index contributed by atoms with van der Waals surface area (Å²) in [6.45, 7) is 0. The Balaban J connectivity index is 2.20. The molecule has 0 unspecified atom stereocenters. The summed E-state index contributed by atoms with van der Waals surface area (Å²) in [6.07, 6.45) is -4.49. The minimum Gasteiger partial charge on any atom is -0.322 e. The van der Waals surface area contributed by atoms with Gasteiger partial charge in [-0.15, -0.1) is 0 Å². The number of rotatable bonds is 2. The van der Waals surface area contributed by atoms with Crippen LogP contribution in [0.3, 0.4) is 0 Å². The fraction of sp³-hybridized carbons (Fsp3) is 0.0714. The molecule has 2 aromatic carbocycles. The highest BCUT2D eigenvalue weighted by molar-refractivity contribution is 6.04. The van der Waals surface area contributed by atoms with E-state index in [2.05, 4.69) is 5.32 Å². The van der Waals surface area contributed by atoms with Crippen molar-refractivity contribution >= 4 is 11.6 Å². The molecule has 0 fully saturated rings. The lowest BCUT2D eigenvalue weighted by Crippen LogP contribution is -2.13. The summed E-state index contributed by atoms with van der Waals surface area (Å²) in [5, 5.41) is 2.29. The van der Waals surface area contributed by atoms with Crippen LogP contribution < -0.4 is 5.32 Å². The Kier molecular flexibility index (Phi) is 3.74. The Morgan fingerprint density at radius 2 is 1.70 bits per heavy atom. The number of alkyl halides is 3. The predicted octanol–water partition coefficient (Wildman–Crippen LogP) is 4.10. The summed E-state index contributed by atoms with van der Waals surface area (Å²) < 4.78 is 50.5. The summed E-state index contributed by atoms with van der Waals surface area (Å²) in [6, 6.07) is 9.11. The van der Waals surface area contributed by atoms with Crippen LogP contribution in [-0.2, 0) is 6.18 Å². The van der Waals surface area contributed by atoms with Crippen molar-refractivity contribution in [3.8, 4) is 0 Å². The molecule has 20 heavy (non-hydrogen) atoms. The molecule has 2 rings (SSSR count). The van der Waals surface area contributed by atoms with Crippen LogP contribution in [0.25, 0.3) is 0 Å². The van der Waals surface area contributed by atoms with Crippen molar-refractivity contribution in [2.75, 3.05) is 5.32 Å². The van der Waals surface area contributed by atoms with Gasteiger partial charge in [0.05, 0.1) is 5.56 Å². The molecule has 1 N–H and O–H groups in total. The summed E-state index contributed by atoms with van der Waals surface area (Å²) in [4.78, 5) is 11.8. The Morgan fingerprint density at radius 3 is 2.35 bits per heavy atom. The Morgan fingerprint density at radius 1 is 1.00 bits per heavy atom. The topological polar surface area (TPSA) is 29.1 Å². The molecule has 0 aliphatic carbocycles. The van der Waals surface area contributed by atoms with Gasteiger partial charge in [0.15, 0.2) is 0 Å². The van der Waals surface area contributed by atoms with Crippen molar-refractivity contribution in [1.82, 2.24) is 0 Å². The van der Waals surface area contributed by atoms with E-state index in [1.165, 1.54) is 30.3 Å². The molecular formula is C14H9F4NO. The average molecular weight is 283 g/mol. The largest absolute Gasteiger partial charge is 0.416 e. The molecular weight excluding hydrogens is 274 g/mol. The Bertz CT molecular complexity index is 637. The van der Waals surface area contributed by atoms with Gasteiger partial charge in [0.25, 0.3) is 5.91 Å². The molecule has 6 heteroatoms. The van der Waals surface area contributed by atoms with E-state index >= 15 is 0 Å². The maximum Gasteiger partial charge on any atom is 0.416 e. The van der Waals surface area contributed by atoms with Gasteiger partial charge in [0.2, 0.25) is 0 Å². The van der Waals surface area contributed by atoms with Crippen molar-refractivity contribution in [3.05, 3.63) is 65.5 Å². The zero-order valence-electron chi connectivity index (χ0n) is 10.0. The summed E-state index contributed by atoms with van der Waals surface area (Å²) in [5.41, 5.74) is -0.842. The van der Waals surface area contributed by atoms with Crippen LogP contribution in [0.1, 0.15) is 15.9 Å². The molecule has 0 heterocycles.